The molecule has 0 saturated heterocycles. The van der Waals surface area contributed by atoms with Gasteiger partial charge in [0.1, 0.15) is 24.7 Å². The predicted molar refractivity (Wildman–Crippen MR) is 128 cm³/mol. The van der Waals surface area contributed by atoms with Crippen LogP contribution in [0.25, 0.3) is 0 Å². The van der Waals surface area contributed by atoms with Gasteiger partial charge >= 0.3 is 0 Å². The molecule has 0 unspecified atom stereocenters. The first kappa shape index (κ1) is 21.3. The van der Waals surface area contributed by atoms with Gasteiger partial charge in [0.25, 0.3) is 0 Å². The van der Waals surface area contributed by atoms with E-state index < -0.39 is 0 Å². The first-order valence-electron chi connectivity index (χ1n) is 10.6. The number of nitrogens with zero attached hydrogens (tertiary/aromatic N) is 2. The molecule has 4 nitrogen and oxygen atoms in total. The Hall–Kier alpha value is -3.92. The molecule has 0 aromatic heterocycles. The predicted octanol–water partition coefficient (Wildman–Crippen LogP) is 7.88. The molecular formula is C28H26N2O2. The third kappa shape index (κ3) is 6.29. The largest absolute Gasteiger partial charge is 0.489 e. The van der Waals surface area contributed by atoms with Crippen LogP contribution in [0.5, 0.6) is 11.5 Å². The zero-order valence-electron chi connectivity index (χ0n) is 18.4. The monoisotopic (exact) mass is 422 g/mol. The summed E-state index contributed by atoms with van der Waals surface area (Å²) >= 11 is 0. The first-order chi connectivity index (χ1) is 15.6. The van der Waals surface area contributed by atoms with Crippen molar-refractivity contribution in [2.75, 3.05) is 0 Å². The van der Waals surface area contributed by atoms with Gasteiger partial charge in [-0.3, -0.25) is 0 Å². The van der Waals surface area contributed by atoms with Gasteiger partial charge < -0.3 is 9.47 Å². The number of hydrogen-bond acceptors (Lipinski definition) is 4. The molecule has 0 saturated carbocycles. The van der Waals surface area contributed by atoms with E-state index in [4.69, 9.17) is 9.47 Å². The summed E-state index contributed by atoms with van der Waals surface area (Å²) < 4.78 is 11.7. The summed E-state index contributed by atoms with van der Waals surface area (Å²) in [5.74, 6) is 1.61. The van der Waals surface area contributed by atoms with Gasteiger partial charge in [0.15, 0.2) is 0 Å². The lowest BCUT2D eigenvalue weighted by atomic mass is 10.2. The van der Waals surface area contributed by atoms with Crippen molar-refractivity contribution in [3.05, 3.63) is 119 Å². The van der Waals surface area contributed by atoms with E-state index in [-0.39, 0.29) is 0 Å². The van der Waals surface area contributed by atoms with Crippen LogP contribution in [0.2, 0.25) is 0 Å². The van der Waals surface area contributed by atoms with E-state index in [1.165, 1.54) is 11.1 Å². The Morgan fingerprint density at radius 2 is 0.812 bits per heavy atom. The summed E-state index contributed by atoms with van der Waals surface area (Å²) in [7, 11) is 0. The zero-order chi connectivity index (χ0) is 22.2. The maximum Gasteiger partial charge on any atom is 0.119 e. The number of benzene rings is 4. The van der Waals surface area contributed by atoms with Crippen molar-refractivity contribution in [1.29, 1.82) is 0 Å². The summed E-state index contributed by atoms with van der Waals surface area (Å²) in [5, 5.41) is 8.61. The van der Waals surface area contributed by atoms with E-state index in [9.17, 15) is 0 Å². The Kier molecular flexibility index (Phi) is 6.93. The van der Waals surface area contributed by atoms with Crippen LogP contribution in [0.15, 0.2) is 107 Å². The van der Waals surface area contributed by atoms with Crippen LogP contribution in [-0.4, -0.2) is 0 Å². The second kappa shape index (κ2) is 10.4. The standard InChI is InChI=1S/C28H26N2O2/c1-21-3-7-23(8-4-21)19-31-27-15-11-25(12-16-27)29-30-26-13-17-28(18-14-26)32-20-24-9-5-22(2)6-10-24/h3-18H,19-20H2,1-2H3. The van der Waals surface area contributed by atoms with Crippen molar-refractivity contribution in [3.63, 3.8) is 0 Å². The van der Waals surface area contributed by atoms with Crippen molar-refractivity contribution in [2.45, 2.75) is 27.1 Å². The molecule has 4 aromatic rings. The Labute approximate surface area is 189 Å². The quantitative estimate of drug-likeness (QED) is 0.271. The SMILES string of the molecule is Cc1ccc(COc2ccc(N=Nc3ccc(OCc4ccc(C)cc4)cc3)cc2)cc1. The molecule has 32 heavy (non-hydrogen) atoms. The van der Waals surface area contributed by atoms with E-state index in [2.05, 4.69) is 72.6 Å². The van der Waals surface area contributed by atoms with Crippen LogP contribution in [0.4, 0.5) is 11.4 Å². The van der Waals surface area contributed by atoms with Crippen LogP contribution < -0.4 is 9.47 Å². The fourth-order valence-electron chi connectivity index (χ4n) is 3.04. The molecule has 0 bridgehead atoms. The Balaban J connectivity index is 1.27. The summed E-state index contributed by atoms with van der Waals surface area (Å²) in [4.78, 5) is 0. The van der Waals surface area contributed by atoms with Crippen LogP contribution in [0.1, 0.15) is 22.3 Å². The third-order valence-corrected chi connectivity index (χ3v) is 5.01. The lowest BCUT2D eigenvalue weighted by Gasteiger charge is -2.07. The maximum atomic E-state index is 5.84. The van der Waals surface area contributed by atoms with Gasteiger partial charge in [0, 0.05) is 0 Å². The molecule has 0 fully saturated rings. The highest BCUT2D eigenvalue weighted by Crippen LogP contribution is 2.24. The third-order valence-electron chi connectivity index (χ3n) is 5.01. The minimum atomic E-state index is 0.541. The topological polar surface area (TPSA) is 43.2 Å². The van der Waals surface area contributed by atoms with Gasteiger partial charge in [-0.05, 0) is 73.5 Å². The number of ether oxygens (including phenoxy) is 2. The van der Waals surface area contributed by atoms with Crippen molar-refractivity contribution >= 4 is 11.4 Å². The summed E-state index contributed by atoms with van der Waals surface area (Å²) in [5.41, 5.74) is 6.32. The molecule has 0 aliphatic carbocycles. The second-order valence-electron chi connectivity index (χ2n) is 7.74. The molecule has 4 rings (SSSR count). The van der Waals surface area contributed by atoms with Crippen LogP contribution in [0, 0.1) is 13.8 Å². The van der Waals surface area contributed by atoms with E-state index in [0.717, 1.165) is 34.0 Å². The van der Waals surface area contributed by atoms with Crippen molar-refractivity contribution in [2.24, 2.45) is 10.2 Å². The van der Waals surface area contributed by atoms with Crippen molar-refractivity contribution in [1.82, 2.24) is 0 Å². The fraction of sp³-hybridized carbons (Fsp3) is 0.143. The van der Waals surface area contributed by atoms with Gasteiger partial charge in [-0.25, -0.2) is 0 Å². The second-order valence-corrected chi connectivity index (χ2v) is 7.74. The number of hydrogen-bond donors (Lipinski definition) is 0. The molecule has 4 heteroatoms. The molecule has 0 heterocycles. The normalized spacial score (nSPS) is 10.9. The van der Waals surface area contributed by atoms with E-state index in [0.29, 0.717) is 13.2 Å². The highest BCUT2D eigenvalue weighted by atomic mass is 16.5. The average molecular weight is 423 g/mol. The molecular weight excluding hydrogens is 396 g/mol. The molecule has 0 aliphatic rings. The van der Waals surface area contributed by atoms with E-state index in [1.54, 1.807) is 0 Å². The summed E-state index contributed by atoms with van der Waals surface area (Å²) in [6.45, 7) is 5.23. The molecule has 0 aliphatic heterocycles. The highest BCUT2D eigenvalue weighted by molar-refractivity contribution is 5.44. The van der Waals surface area contributed by atoms with Crippen LogP contribution >= 0.6 is 0 Å². The van der Waals surface area contributed by atoms with Gasteiger partial charge in [-0.1, -0.05) is 59.7 Å². The molecule has 0 amide bonds. The minimum Gasteiger partial charge on any atom is -0.489 e. The average Bonchev–Trinajstić information content (AvgIpc) is 2.83. The van der Waals surface area contributed by atoms with E-state index in [1.807, 2.05) is 48.5 Å². The highest BCUT2D eigenvalue weighted by Gasteiger charge is 1.99. The molecule has 0 atom stereocenters. The van der Waals surface area contributed by atoms with Gasteiger partial charge in [0.2, 0.25) is 0 Å². The minimum absolute atomic E-state index is 0.541. The van der Waals surface area contributed by atoms with Crippen LogP contribution in [0.3, 0.4) is 0 Å². The molecule has 0 N–H and O–H groups in total. The molecule has 4 aromatic carbocycles. The zero-order valence-corrected chi connectivity index (χ0v) is 18.4. The summed E-state index contributed by atoms with van der Waals surface area (Å²) in [6, 6.07) is 31.9. The summed E-state index contributed by atoms with van der Waals surface area (Å²) in [6.07, 6.45) is 0. The number of aryl methyl sites for hydroxylation is 2. The molecule has 0 spiro atoms. The Morgan fingerprint density at radius 1 is 0.469 bits per heavy atom. The fourth-order valence-corrected chi connectivity index (χ4v) is 3.04. The van der Waals surface area contributed by atoms with E-state index >= 15 is 0 Å². The Morgan fingerprint density at radius 3 is 1.16 bits per heavy atom. The molecule has 160 valence electrons. The molecule has 0 radical (unpaired) electrons. The van der Waals surface area contributed by atoms with Gasteiger partial charge in [-0.2, -0.15) is 10.2 Å². The number of azo groups is 1. The van der Waals surface area contributed by atoms with Crippen molar-refractivity contribution < 1.29 is 9.47 Å². The van der Waals surface area contributed by atoms with Gasteiger partial charge in [0.05, 0.1) is 11.4 Å². The lowest BCUT2D eigenvalue weighted by molar-refractivity contribution is 0.306. The maximum absolute atomic E-state index is 5.84. The lowest BCUT2D eigenvalue weighted by Crippen LogP contribution is -1.94. The van der Waals surface area contributed by atoms with Crippen molar-refractivity contribution in [3.8, 4) is 11.5 Å². The van der Waals surface area contributed by atoms with Gasteiger partial charge in [-0.15, -0.1) is 0 Å². The van der Waals surface area contributed by atoms with Crippen LogP contribution in [-0.2, 0) is 13.2 Å². The Bertz CT molecular complexity index is 1050. The smallest absolute Gasteiger partial charge is 0.119 e. The number of rotatable bonds is 8. The first-order valence-corrected chi connectivity index (χ1v) is 10.6.